The van der Waals surface area contributed by atoms with E-state index < -0.39 is 5.72 Å². The molecule has 1 atom stereocenters. The van der Waals surface area contributed by atoms with Gasteiger partial charge in [-0.2, -0.15) is 5.26 Å². The molecule has 0 saturated carbocycles. The summed E-state index contributed by atoms with van der Waals surface area (Å²) in [5, 5.41) is 13.4. The van der Waals surface area contributed by atoms with Crippen LogP contribution in [0.2, 0.25) is 0 Å². The van der Waals surface area contributed by atoms with Crippen molar-refractivity contribution in [3.8, 4) is 11.2 Å². The standard InChI is InChI=1S/C23H19N3OS/c1-22(2)18-12-16(28-14-24)9-10-19(18)26(3)23(22)13-25-21-17-7-5-4-6-15(17)8-11-20(21)27-23/h4-13H,1-3H3. The van der Waals surface area contributed by atoms with Crippen LogP contribution in [-0.2, 0) is 5.41 Å². The highest BCUT2D eigenvalue weighted by atomic mass is 32.2. The zero-order valence-corrected chi connectivity index (χ0v) is 16.7. The predicted octanol–water partition coefficient (Wildman–Crippen LogP) is 5.63. The van der Waals surface area contributed by atoms with Crippen LogP contribution in [0.4, 0.5) is 11.4 Å². The largest absolute Gasteiger partial charge is 0.459 e. The van der Waals surface area contributed by atoms with Gasteiger partial charge < -0.3 is 9.64 Å². The van der Waals surface area contributed by atoms with Crippen LogP contribution >= 0.6 is 11.8 Å². The van der Waals surface area contributed by atoms with E-state index >= 15 is 0 Å². The zero-order valence-electron chi connectivity index (χ0n) is 15.9. The summed E-state index contributed by atoms with van der Waals surface area (Å²) < 4.78 is 6.70. The number of anilines is 1. The first kappa shape index (κ1) is 17.2. The first-order valence-corrected chi connectivity index (χ1v) is 10.00. The lowest BCUT2D eigenvalue weighted by Gasteiger charge is -2.45. The van der Waals surface area contributed by atoms with Gasteiger partial charge in [-0.25, -0.2) is 0 Å². The highest BCUT2D eigenvalue weighted by Crippen LogP contribution is 2.54. The number of fused-ring (bicyclic) bond motifs is 4. The molecule has 0 amide bonds. The molecule has 0 aromatic heterocycles. The number of hydrogen-bond donors (Lipinski definition) is 0. The maximum atomic E-state index is 9.04. The number of rotatable bonds is 1. The smallest absolute Gasteiger partial charge is 0.228 e. The molecule has 0 radical (unpaired) electrons. The lowest BCUT2D eigenvalue weighted by Crippen LogP contribution is -2.61. The minimum atomic E-state index is -0.722. The number of nitrogens with zero attached hydrogens (tertiary/aromatic N) is 3. The van der Waals surface area contributed by atoms with Gasteiger partial charge in [0.05, 0.1) is 11.6 Å². The summed E-state index contributed by atoms with van der Waals surface area (Å²) in [5.41, 5.74) is 2.06. The highest BCUT2D eigenvalue weighted by Gasteiger charge is 2.58. The molecule has 1 unspecified atom stereocenters. The van der Waals surface area contributed by atoms with Gasteiger partial charge in [-0.1, -0.05) is 30.3 Å². The Kier molecular flexibility index (Phi) is 3.53. The number of thiocyanates is 1. The minimum absolute atomic E-state index is 0.351. The molecule has 3 aromatic carbocycles. The number of nitriles is 1. The summed E-state index contributed by atoms with van der Waals surface area (Å²) >= 11 is 1.18. The number of ether oxygens (including phenoxy) is 1. The van der Waals surface area contributed by atoms with Crippen molar-refractivity contribution >= 4 is 40.1 Å². The van der Waals surface area contributed by atoms with Crippen molar-refractivity contribution in [1.82, 2.24) is 0 Å². The van der Waals surface area contributed by atoms with Gasteiger partial charge in [0.1, 0.15) is 16.8 Å². The molecule has 1 spiro atoms. The van der Waals surface area contributed by atoms with Crippen LogP contribution in [0, 0.1) is 10.7 Å². The molecule has 2 aliphatic heterocycles. The van der Waals surface area contributed by atoms with Crippen molar-refractivity contribution in [2.45, 2.75) is 29.9 Å². The fraction of sp³-hybridized carbons (Fsp3) is 0.217. The Hall–Kier alpha value is -2.97. The SMILES string of the molecule is CN1c2ccc(SC#N)cc2C(C)(C)C12C=Nc1c(ccc3ccccc13)O2. The zero-order chi connectivity index (χ0) is 19.5. The number of likely N-dealkylation sites (N-methyl/N-ethyl adjacent to an activating group) is 1. The van der Waals surface area contributed by atoms with Gasteiger partial charge in [0.2, 0.25) is 5.72 Å². The van der Waals surface area contributed by atoms with E-state index in [0.29, 0.717) is 0 Å². The van der Waals surface area contributed by atoms with Crippen molar-refractivity contribution in [1.29, 1.82) is 5.26 Å². The Balaban J connectivity index is 1.67. The molecule has 5 rings (SSSR count). The van der Waals surface area contributed by atoms with Gasteiger partial charge in [0.15, 0.2) is 0 Å². The molecule has 0 N–H and O–H groups in total. The molecule has 0 bridgehead atoms. The molecule has 2 heterocycles. The van der Waals surface area contributed by atoms with Crippen LogP contribution in [-0.4, -0.2) is 19.0 Å². The Morgan fingerprint density at radius 3 is 2.75 bits per heavy atom. The van der Waals surface area contributed by atoms with E-state index in [-0.39, 0.29) is 5.41 Å². The number of benzene rings is 3. The van der Waals surface area contributed by atoms with Crippen molar-refractivity contribution in [2.24, 2.45) is 4.99 Å². The molecule has 28 heavy (non-hydrogen) atoms. The second kappa shape index (κ2) is 5.76. The number of aliphatic imine (C=N–C) groups is 1. The molecule has 5 heteroatoms. The maximum Gasteiger partial charge on any atom is 0.228 e. The maximum absolute atomic E-state index is 9.04. The summed E-state index contributed by atoms with van der Waals surface area (Å²) in [7, 11) is 2.04. The Bertz CT molecular complexity index is 1190. The average Bonchev–Trinajstić information content (AvgIpc) is 2.86. The van der Waals surface area contributed by atoms with Crippen molar-refractivity contribution in [3.05, 3.63) is 60.2 Å². The average molecular weight is 385 g/mol. The van der Waals surface area contributed by atoms with E-state index in [1.165, 1.54) is 11.8 Å². The van der Waals surface area contributed by atoms with Crippen molar-refractivity contribution in [3.63, 3.8) is 0 Å². The van der Waals surface area contributed by atoms with E-state index in [0.717, 1.165) is 38.4 Å². The highest BCUT2D eigenvalue weighted by molar-refractivity contribution is 8.03. The van der Waals surface area contributed by atoms with Gasteiger partial charge in [-0.3, -0.25) is 4.99 Å². The molecule has 4 nitrogen and oxygen atoms in total. The summed E-state index contributed by atoms with van der Waals surface area (Å²) in [4.78, 5) is 8.00. The van der Waals surface area contributed by atoms with Crippen LogP contribution in [0.5, 0.6) is 5.75 Å². The van der Waals surface area contributed by atoms with Crippen LogP contribution in [0.1, 0.15) is 19.4 Å². The Morgan fingerprint density at radius 2 is 1.93 bits per heavy atom. The lowest BCUT2D eigenvalue weighted by atomic mass is 9.77. The molecule has 0 saturated heterocycles. The molecular formula is C23H19N3OS. The molecule has 138 valence electrons. The molecule has 3 aromatic rings. The summed E-state index contributed by atoms with van der Waals surface area (Å²) in [6.07, 6.45) is 1.94. The predicted molar refractivity (Wildman–Crippen MR) is 115 cm³/mol. The van der Waals surface area contributed by atoms with Crippen LogP contribution in [0.25, 0.3) is 10.8 Å². The third-order valence-electron chi connectivity index (χ3n) is 6.06. The van der Waals surface area contributed by atoms with E-state index in [9.17, 15) is 0 Å². The van der Waals surface area contributed by atoms with E-state index in [1.54, 1.807) is 0 Å². The van der Waals surface area contributed by atoms with Gasteiger partial charge in [0, 0.05) is 23.0 Å². The van der Waals surface area contributed by atoms with Crippen LogP contribution in [0.3, 0.4) is 0 Å². The van der Waals surface area contributed by atoms with Gasteiger partial charge in [-0.15, -0.1) is 0 Å². The molecular weight excluding hydrogens is 366 g/mol. The van der Waals surface area contributed by atoms with Crippen molar-refractivity contribution in [2.75, 3.05) is 11.9 Å². The minimum Gasteiger partial charge on any atom is -0.459 e. The fourth-order valence-corrected chi connectivity index (χ4v) is 4.87. The first-order chi connectivity index (χ1) is 13.5. The number of hydrogen-bond acceptors (Lipinski definition) is 5. The third kappa shape index (κ3) is 2.10. The van der Waals surface area contributed by atoms with E-state index in [1.807, 2.05) is 37.5 Å². The monoisotopic (exact) mass is 385 g/mol. The number of thioether (sulfide) groups is 1. The second-order valence-electron chi connectivity index (χ2n) is 7.75. The molecule has 0 fully saturated rings. The second-order valence-corrected chi connectivity index (χ2v) is 8.60. The Morgan fingerprint density at radius 1 is 1.11 bits per heavy atom. The van der Waals surface area contributed by atoms with E-state index in [2.05, 4.69) is 54.5 Å². The van der Waals surface area contributed by atoms with Crippen LogP contribution in [0.15, 0.2) is 64.5 Å². The molecule has 2 aliphatic rings. The summed E-state index contributed by atoms with van der Waals surface area (Å²) in [5.74, 6) is 0.792. The summed E-state index contributed by atoms with van der Waals surface area (Å²) in [6, 6.07) is 18.5. The van der Waals surface area contributed by atoms with Gasteiger partial charge in [0.25, 0.3) is 0 Å². The van der Waals surface area contributed by atoms with E-state index in [4.69, 9.17) is 15.0 Å². The first-order valence-electron chi connectivity index (χ1n) is 9.18. The normalized spacial score (nSPS) is 21.3. The van der Waals surface area contributed by atoms with Gasteiger partial charge >= 0.3 is 0 Å². The summed E-state index contributed by atoms with van der Waals surface area (Å²) in [6.45, 7) is 4.35. The fourth-order valence-electron chi connectivity index (χ4n) is 4.46. The lowest BCUT2D eigenvalue weighted by molar-refractivity contribution is 0.0826. The van der Waals surface area contributed by atoms with Gasteiger partial charge in [-0.05, 0) is 60.8 Å². The third-order valence-corrected chi connectivity index (χ3v) is 6.64. The molecule has 0 aliphatic carbocycles. The Labute approximate surface area is 168 Å². The quantitative estimate of drug-likeness (QED) is 0.402. The van der Waals surface area contributed by atoms with Crippen LogP contribution < -0.4 is 9.64 Å². The van der Waals surface area contributed by atoms with Crippen molar-refractivity contribution < 1.29 is 4.74 Å². The topological polar surface area (TPSA) is 48.6 Å².